The van der Waals surface area contributed by atoms with E-state index in [1.165, 1.54) is 0 Å². The summed E-state index contributed by atoms with van der Waals surface area (Å²) in [7, 11) is 0. The van der Waals surface area contributed by atoms with Gasteiger partial charge in [0.05, 0.1) is 16.0 Å². The Morgan fingerprint density at radius 1 is 1.15 bits per heavy atom. The highest BCUT2D eigenvalue weighted by Gasteiger charge is 2.38. The molecule has 5 nitrogen and oxygen atoms in total. The summed E-state index contributed by atoms with van der Waals surface area (Å²) in [5.41, 5.74) is -3.32. The number of hydrogen-bond donors (Lipinski definition) is 0. The van der Waals surface area contributed by atoms with Gasteiger partial charge in [0.15, 0.2) is 15.8 Å². The lowest BCUT2D eigenvalue weighted by Crippen LogP contribution is -2.08. The molecule has 0 spiro atoms. The molecule has 1 heterocycles. The lowest BCUT2D eigenvalue weighted by molar-refractivity contribution is -0.383. The minimum absolute atomic E-state index is 0.371. The molecule has 0 N–H and O–H groups in total. The fraction of sp³-hybridized carbons (Fsp3) is 0.111. The molecule has 0 aliphatic carbocycles. The van der Waals surface area contributed by atoms with Crippen molar-refractivity contribution in [3.05, 3.63) is 37.1 Å². The predicted octanol–water partition coefficient (Wildman–Crippen LogP) is 4.52. The Morgan fingerprint density at radius 2 is 1.70 bits per heavy atom. The third kappa shape index (κ3) is 2.46. The fourth-order valence-corrected chi connectivity index (χ4v) is 2.07. The van der Waals surface area contributed by atoms with Crippen molar-refractivity contribution in [1.29, 1.82) is 0 Å². The molecular formula is C9HCl3F3N3O2. The van der Waals surface area contributed by atoms with E-state index in [-0.39, 0.29) is 10.3 Å². The van der Waals surface area contributed by atoms with E-state index in [9.17, 15) is 23.3 Å². The first-order valence-electron chi connectivity index (χ1n) is 4.69. The summed E-state index contributed by atoms with van der Waals surface area (Å²) in [4.78, 5) is 16.9. The first kappa shape index (κ1) is 15.0. The summed E-state index contributed by atoms with van der Waals surface area (Å²) in [5.74, 6) is 0. The number of rotatable bonds is 1. The molecular weight excluding hydrogens is 345 g/mol. The second kappa shape index (κ2) is 4.87. The molecule has 1 aromatic heterocycles. The monoisotopic (exact) mass is 345 g/mol. The van der Waals surface area contributed by atoms with Crippen LogP contribution in [0.15, 0.2) is 6.07 Å². The van der Waals surface area contributed by atoms with Crippen LogP contribution >= 0.6 is 34.8 Å². The van der Waals surface area contributed by atoms with Crippen LogP contribution in [-0.2, 0) is 6.18 Å². The zero-order valence-corrected chi connectivity index (χ0v) is 11.3. The minimum atomic E-state index is -4.89. The Balaban J connectivity index is 2.99. The molecule has 2 rings (SSSR count). The number of hydrogen-bond acceptors (Lipinski definition) is 4. The molecule has 0 bridgehead atoms. The van der Waals surface area contributed by atoms with Gasteiger partial charge in [-0.1, -0.05) is 34.8 Å². The van der Waals surface area contributed by atoms with E-state index in [2.05, 4.69) is 9.97 Å². The van der Waals surface area contributed by atoms with Crippen molar-refractivity contribution in [2.45, 2.75) is 6.18 Å². The molecule has 2 aromatic rings. The van der Waals surface area contributed by atoms with Gasteiger partial charge in [0, 0.05) is 0 Å². The number of nitro benzene ring substituents is 1. The standard InChI is InChI=1S/C9HCl3F3N3O2/c10-4-2(9(13,14)15)1-3-5(6(4)18(19)20)17-8(12)7(11)16-3/h1H. The number of alkyl halides is 3. The van der Waals surface area contributed by atoms with E-state index in [0.29, 0.717) is 6.07 Å². The van der Waals surface area contributed by atoms with Crippen LogP contribution in [0, 0.1) is 10.1 Å². The van der Waals surface area contributed by atoms with Crippen molar-refractivity contribution in [3.63, 3.8) is 0 Å². The van der Waals surface area contributed by atoms with E-state index < -0.39 is 38.4 Å². The van der Waals surface area contributed by atoms with Crippen LogP contribution in [0.1, 0.15) is 5.56 Å². The van der Waals surface area contributed by atoms with E-state index in [0.717, 1.165) is 0 Å². The van der Waals surface area contributed by atoms with E-state index in [1.807, 2.05) is 0 Å². The SMILES string of the molecule is O=[N+]([O-])c1c(Cl)c(C(F)(F)F)cc2nc(Cl)c(Cl)nc12. The van der Waals surface area contributed by atoms with Crippen LogP contribution in [0.3, 0.4) is 0 Å². The van der Waals surface area contributed by atoms with E-state index in [4.69, 9.17) is 34.8 Å². The largest absolute Gasteiger partial charge is 0.418 e. The maximum atomic E-state index is 12.8. The smallest absolute Gasteiger partial charge is 0.258 e. The van der Waals surface area contributed by atoms with Gasteiger partial charge in [0.2, 0.25) is 0 Å². The van der Waals surface area contributed by atoms with Crippen LogP contribution in [0.25, 0.3) is 11.0 Å². The van der Waals surface area contributed by atoms with Crippen molar-refractivity contribution in [1.82, 2.24) is 9.97 Å². The molecule has 20 heavy (non-hydrogen) atoms. The minimum Gasteiger partial charge on any atom is -0.258 e. The van der Waals surface area contributed by atoms with Gasteiger partial charge in [0.1, 0.15) is 5.02 Å². The number of aromatic nitrogens is 2. The van der Waals surface area contributed by atoms with Gasteiger partial charge in [0.25, 0.3) is 0 Å². The summed E-state index contributed by atoms with van der Waals surface area (Å²) in [6, 6.07) is 0.528. The molecule has 11 heteroatoms. The highest BCUT2D eigenvalue weighted by molar-refractivity contribution is 6.41. The summed E-state index contributed by atoms with van der Waals surface area (Å²) in [5, 5.41) is 9.09. The van der Waals surface area contributed by atoms with Gasteiger partial charge in [-0.15, -0.1) is 0 Å². The van der Waals surface area contributed by atoms with Crippen molar-refractivity contribution in [2.75, 3.05) is 0 Å². The molecule has 0 aliphatic heterocycles. The Hall–Kier alpha value is -1.38. The summed E-state index contributed by atoms with van der Waals surface area (Å²) < 4.78 is 38.4. The van der Waals surface area contributed by atoms with Gasteiger partial charge >= 0.3 is 11.9 Å². The van der Waals surface area contributed by atoms with Crippen LogP contribution in [0.4, 0.5) is 18.9 Å². The molecule has 0 amide bonds. The van der Waals surface area contributed by atoms with Crippen molar-refractivity contribution in [3.8, 4) is 0 Å². The molecule has 0 unspecified atom stereocenters. The lowest BCUT2D eigenvalue weighted by atomic mass is 10.1. The van der Waals surface area contributed by atoms with E-state index >= 15 is 0 Å². The van der Waals surface area contributed by atoms with Crippen molar-refractivity contribution >= 4 is 51.5 Å². The third-order valence-corrected chi connectivity index (χ3v) is 3.29. The zero-order chi connectivity index (χ0) is 15.2. The van der Waals surface area contributed by atoms with Crippen LogP contribution in [0.2, 0.25) is 15.3 Å². The van der Waals surface area contributed by atoms with Gasteiger partial charge in [-0.25, -0.2) is 9.97 Å². The number of nitrogens with zero attached hydrogens (tertiary/aromatic N) is 3. The highest BCUT2D eigenvalue weighted by Crippen LogP contribution is 2.43. The highest BCUT2D eigenvalue weighted by atomic mass is 35.5. The summed E-state index contributed by atoms with van der Waals surface area (Å²) >= 11 is 16.5. The maximum Gasteiger partial charge on any atom is 0.418 e. The average Bonchev–Trinajstić information content (AvgIpc) is 2.28. The molecule has 0 saturated carbocycles. The van der Waals surface area contributed by atoms with Crippen LogP contribution in [0.5, 0.6) is 0 Å². The number of nitro groups is 1. The van der Waals surface area contributed by atoms with Gasteiger partial charge in [-0.2, -0.15) is 13.2 Å². The first-order valence-corrected chi connectivity index (χ1v) is 5.83. The Bertz CT molecular complexity index is 736. The Morgan fingerprint density at radius 3 is 2.20 bits per heavy atom. The van der Waals surface area contributed by atoms with Crippen LogP contribution in [-0.4, -0.2) is 14.9 Å². The first-order chi connectivity index (χ1) is 9.12. The molecule has 106 valence electrons. The topological polar surface area (TPSA) is 68.9 Å². The molecule has 0 radical (unpaired) electrons. The van der Waals surface area contributed by atoms with E-state index in [1.54, 1.807) is 0 Å². The second-order valence-electron chi connectivity index (χ2n) is 3.51. The third-order valence-electron chi connectivity index (χ3n) is 2.28. The Labute approximate surface area is 123 Å². The fourth-order valence-electron chi connectivity index (χ4n) is 1.49. The Kier molecular flexibility index (Phi) is 3.66. The normalized spacial score (nSPS) is 11.9. The number of fused-ring (bicyclic) bond motifs is 1. The summed E-state index contributed by atoms with van der Waals surface area (Å²) in [6.07, 6.45) is -4.89. The van der Waals surface area contributed by atoms with Gasteiger partial charge in [-0.3, -0.25) is 10.1 Å². The maximum absolute atomic E-state index is 12.8. The second-order valence-corrected chi connectivity index (χ2v) is 4.61. The molecule has 0 atom stereocenters. The number of benzene rings is 1. The molecule has 1 aromatic carbocycles. The lowest BCUT2D eigenvalue weighted by Gasteiger charge is -2.10. The number of halogens is 6. The van der Waals surface area contributed by atoms with Gasteiger partial charge < -0.3 is 0 Å². The molecule has 0 fully saturated rings. The quantitative estimate of drug-likeness (QED) is 0.562. The average molecular weight is 346 g/mol. The molecule has 0 saturated heterocycles. The van der Waals surface area contributed by atoms with Gasteiger partial charge in [-0.05, 0) is 6.07 Å². The predicted molar refractivity (Wildman–Crippen MR) is 66.2 cm³/mol. The van der Waals surface area contributed by atoms with Crippen molar-refractivity contribution in [2.24, 2.45) is 0 Å². The van der Waals surface area contributed by atoms with Crippen molar-refractivity contribution < 1.29 is 18.1 Å². The summed E-state index contributed by atoms with van der Waals surface area (Å²) in [6.45, 7) is 0. The molecule has 0 aliphatic rings. The van der Waals surface area contributed by atoms with Crippen LogP contribution < -0.4 is 0 Å². The zero-order valence-electron chi connectivity index (χ0n) is 9.00.